The van der Waals surface area contributed by atoms with Crippen LogP contribution in [0.3, 0.4) is 0 Å². The highest BCUT2D eigenvalue weighted by atomic mass is 19.1. The van der Waals surface area contributed by atoms with Gasteiger partial charge < -0.3 is 24.3 Å². The van der Waals surface area contributed by atoms with Crippen LogP contribution in [0.5, 0.6) is 5.75 Å². The number of nitrogens with zero attached hydrogens (tertiary/aromatic N) is 4. The second-order valence-electron chi connectivity index (χ2n) is 8.29. The molecule has 0 atom stereocenters. The lowest BCUT2D eigenvalue weighted by atomic mass is 10.2. The van der Waals surface area contributed by atoms with Gasteiger partial charge in [-0.2, -0.15) is 0 Å². The summed E-state index contributed by atoms with van der Waals surface area (Å²) in [6.07, 6.45) is 2.77. The molecular weight excluding hydrogens is 421 g/mol. The van der Waals surface area contributed by atoms with Crippen LogP contribution in [0.2, 0.25) is 0 Å². The van der Waals surface area contributed by atoms with E-state index in [1.54, 1.807) is 13.2 Å². The number of methoxy groups -OCH3 is 1. The van der Waals surface area contributed by atoms with E-state index in [1.807, 2.05) is 52.8 Å². The summed E-state index contributed by atoms with van der Waals surface area (Å²) in [6.45, 7) is 4.55. The van der Waals surface area contributed by atoms with Crippen molar-refractivity contribution in [2.45, 2.75) is 13.3 Å². The molecule has 0 radical (unpaired) electrons. The molecule has 1 aliphatic heterocycles. The first kappa shape index (κ1) is 21.1. The zero-order valence-electron chi connectivity index (χ0n) is 18.7. The molecule has 170 valence electrons. The highest BCUT2D eigenvalue weighted by molar-refractivity contribution is 5.91. The molecule has 0 spiro atoms. The normalized spacial score (nSPS) is 14.5. The molecule has 1 fully saturated rings. The van der Waals surface area contributed by atoms with Gasteiger partial charge in [-0.15, -0.1) is 0 Å². The number of fused-ring (bicyclic) bond motifs is 3. The standard InChI is InChI=1S/C25H26FN5O2/c1-17-6-9-23(33-2)20(15-17)28-25(32)30-11-4-10-29(13-14-30)24-22-5-3-12-31(22)21-8-7-18(26)16-19(21)27-24/h3,5-9,12,15-16H,4,10-11,13-14H2,1-2H3,(H,28,32). The lowest BCUT2D eigenvalue weighted by molar-refractivity contribution is 0.215. The predicted molar refractivity (Wildman–Crippen MR) is 128 cm³/mol. The van der Waals surface area contributed by atoms with Crippen LogP contribution >= 0.6 is 0 Å². The Morgan fingerprint density at radius 3 is 2.79 bits per heavy atom. The van der Waals surface area contributed by atoms with Crippen LogP contribution in [0.1, 0.15) is 12.0 Å². The number of ether oxygens (including phenoxy) is 1. The van der Waals surface area contributed by atoms with Crippen molar-refractivity contribution in [3.8, 4) is 5.75 Å². The summed E-state index contributed by atoms with van der Waals surface area (Å²) >= 11 is 0. The highest BCUT2D eigenvalue weighted by Crippen LogP contribution is 2.28. The quantitative estimate of drug-likeness (QED) is 0.495. The molecule has 1 aliphatic rings. The Morgan fingerprint density at radius 1 is 1.06 bits per heavy atom. The Morgan fingerprint density at radius 2 is 1.94 bits per heavy atom. The van der Waals surface area contributed by atoms with E-state index in [2.05, 4.69) is 10.2 Å². The molecule has 8 heteroatoms. The molecule has 2 aromatic heterocycles. The maximum Gasteiger partial charge on any atom is 0.322 e. The van der Waals surface area contributed by atoms with Gasteiger partial charge in [0, 0.05) is 38.4 Å². The van der Waals surface area contributed by atoms with Gasteiger partial charge in [-0.25, -0.2) is 14.2 Å². The number of benzene rings is 2. The van der Waals surface area contributed by atoms with Crippen molar-refractivity contribution in [3.63, 3.8) is 0 Å². The number of carbonyl (C=O) groups is 1. The van der Waals surface area contributed by atoms with Crippen LogP contribution in [0.25, 0.3) is 16.6 Å². The highest BCUT2D eigenvalue weighted by Gasteiger charge is 2.23. The van der Waals surface area contributed by atoms with Gasteiger partial charge in [0.25, 0.3) is 0 Å². The Labute approximate surface area is 191 Å². The van der Waals surface area contributed by atoms with E-state index in [4.69, 9.17) is 9.72 Å². The number of anilines is 2. The summed E-state index contributed by atoms with van der Waals surface area (Å²) in [5, 5.41) is 2.99. The van der Waals surface area contributed by atoms with Crippen molar-refractivity contribution in [1.29, 1.82) is 0 Å². The monoisotopic (exact) mass is 447 g/mol. The van der Waals surface area contributed by atoms with E-state index in [0.29, 0.717) is 36.6 Å². The molecule has 2 amide bonds. The lowest BCUT2D eigenvalue weighted by Crippen LogP contribution is -2.38. The maximum atomic E-state index is 13.9. The molecule has 1 N–H and O–H groups in total. The van der Waals surface area contributed by atoms with Crippen LogP contribution in [-0.4, -0.2) is 53.6 Å². The summed E-state index contributed by atoms with van der Waals surface area (Å²) in [5.74, 6) is 1.13. The molecule has 1 saturated heterocycles. The third-order valence-corrected chi connectivity index (χ3v) is 6.08. The minimum absolute atomic E-state index is 0.151. The fourth-order valence-corrected chi connectivity index (χ4v) is 4.41. The zero-order valence-corrected chi connectivity index (χ0v) is 18.7. The Bertz CT molecular complexity index is 1340. The van der Waals surface area contributed by atoms with Gasteiger partial charge in [0.15, 0.2) is 5.82 Å². The third kappa shape index (κ3) is 4.04. The Kier molecular flexibility index (Phi) is 5.50. The van der Waals surface area contributed by atoms with Gasteiger partial charge in [0.05, 0.1) is 29.3 Å². The number of nitrogens with one attached hydrogen (secondary N) is 1. The summed E-state index contributed by atoms with van der Waals surface area (Å²) in [6, 6.07) is 14.2. The molecule has 5 rings (SSSR count). The molecule has 0 saturated carbocycles. The molecule has 4 aromatic rings. The number of amides is 2. The van der Waals surface area contributed by atoms with Gasteiger partial charge in [-0.1, -0.05) is 6.07 Å². The van der Waals surface area contributed by atoms with E-state index in [-0.39, 0.29) is 11.8 Å². The van der Waals surface area contributed by atoms with Crippen molar-refractivity contribution in [1.82, 2.24) is 14.3 Å². The first-order valence-electron chi connectivity index (χ1n) is 11.1. The van der Waals surface area contributed by atoms with Crippen LogP contribution in [0, 0.1) is 12.7 Å². The van der Waals surface area contributed by atoms with E-state index in [0.717, 1.165) is 35.4 Å². The van der Waals surface area contributed by atoms with E-state index in [9.17, 15) is 9.18 Å². The van der Waals surface area contributed by atoms with Gasteiger partial charge in [0.1, 0.15) is 11.6 Å². The summed E-state index contributed by atoms with van der Waals surface area (Å²) in [7, 11) is 1.59. The minimum atomic E-state index is -0.308. The summed E-state index contributed by atoms with van der Waals surface area (Å²) in [4.78, 5) is 21.8. The molecule has 33 heavy (non-hydrogen) atoms. The smallest absolute Gasteiger partial charge is 0.322 e. The van der Waals surface area contributed by atoms with E-state index in [1.165, 1.54) is 12.1 Å². The zero-order chi connectivity index (χ0) is 22.9. The molecular formula is C25H26FN5O2. The number of aryl methyl sites for hydroxylation is 1. The first-order valence-corrected chi connectivity index (χ1v) is 11.1. The number of rotatable bonds is 3. The van der Waals surface area contributed by atoms with Crippen molar-refractivity contribution in [2.75, 3.05) is 43.5 Å². The van der Waals surface area contributed by atoms with Crippen molar-refractivity contribution in [2.24, 2.45) is 0 Å². The van der Waals surface area contributed by atoms with E-state index < -0.39 is 0 Å². The van der Waals surface area contributed by atoms with E-state index >= 15 is 0 Å². The van der Waals surface area contributed by atoms with Gasteiger partial charge >= 0.3 is 6.03 Å². The maximum absolute atomic E-state index is 13.9. The van der Waals surface area contributed by atoms with Crippen LogP contribution in [-0.2, 0) is 0 Å². The fourth-order valence-electron chi connectivity index (χ4n) is 4.41. The third-order valence-electron chi connectivity index (χ3n) is 6.08. The van der Waals surface area contributed by atoms with Crippen LogP contribution in [0.15, 0.2) is 54.7 Å². The topological polar surface area (TPSA) is 62.1 Å². The van der Waals surface area contributed by atoms with Gasteiger partial charge in [0.2, 0.25) is 0 Å². The molecule has 0 unspecified atom stereocenters. The molecule has 0 bridgehead atoms. The second-order valence-corrected chi connectivity index (χ2v) is 8.29. The van der Waals surface area contributed by atoms with Crippen molar-refractivity contribution in [3.05, 3.63) is 66.1 Å². The molecule has 3 heterocycles. The minimum Gasteiger partial charge on any atom is -0.495 e. The average molecular weight is 448 g/mol. The van der Waals surface area contributed by atoms with Gasteiger partial charge in [-0.05, 0) is 55.3 Å². The summed E-state index contributed by atoms with van der Waals surface area (Å²) in [5.41, 5.74) is 4.15. The number of halogens is 1. The molecule has 7 nitrogen and oxygen atoms in total. The first-order chi connectivity index (χ1) is 16.0. The predicted octanol–water partition coefficient (Wildman–Crippen LogP) is 4.69. The van der Waals surface area contributed by atoms with Crippen LogP contribution < -0.4 is 15.0 Å². The number of hydrogen-bond donors (Lipinski definition) is 1. The van der Waals surface area contributed by atoms with Crippen LogP contribution in [0.4, 0.5) is 20.7 Å². The molecule has 0 aliphatic carbocycles. The largest absolute Gasteiger partial charge is 0.495 e. The molecule has 2 aromatic carbocycles. The summed E-state index contributed by atoms with van der Waals surface area (Å²) < 4.78 is 21.3. The number of carbonyl (C=O) groups excluding carboxylic acids is 1. The number of aromatic nitrogens is 2. The number of hydrogen-bond acceptors (Lipinski definition) is 4. The Hall–Kier alpha value is -3.81. The average Bonchev–Trinajstić information content (AvgIpc) is 3.16. The van der Waals surface area contributed by atoms with Crippen molar-refractivity contribution >= 4 is 34.1 Å². The fraction of sp³-hybridized carbons (Fsp3) is 0.280. The number of urea groups is 1. The lowest BCUT2D eigenvalue weighted by Gasteiger charge is -2.24. The van der Waals surface area contributed by atoms with Crippen molar-refractivity contribution < 1.29 is 13.9 Å². The second kappa shape index (κ2) is 8.61. The van der Waals surface area contributed by atoms with Gasteiger partial charge in [-0.3, -0.25) is 0 Å². The SMILES string of the molecule is COc1ccc(C)cc1NC(=O)N1CCCN(c2nc3cc(F)ccc3n3cccc23)CC1. The Balaban J connectivity index is 1.37.